The lowest BCUT2D eigenvalue weighted by Gasteiger charge is -2.09. The summed E-state index contributed by atoms with van der Waals surface area (Å²) >= 11 is 0. The Kier molecular flexibility index (Phi) is 6.30. The van der Waals surface area contributed by atoms with Gasteiger partial charge in [0.25, 0.3) is 0 Å². The van der Waals surface area contributed by atoms with Gasteiger partial charge in [0.1, 0.15) is 0 Å². The Morgan fingerprint density at radius 2 is 1.67 bits per heavy atom. The second-order valence-electron chi connectivity index (χ2n) is 6.24. The van der Waals surface area contributed by atoms with E-state index in [-0.39, 0.29) is 24.5 Å². The summed E-state index contributed by atoms with van der Waals surface area (Å²) in [5.41, 5.74) is 4.91. The second-order valence-corrected chi connectivity index (χ2v) is 6.24. The van der Waals surface area contributed by atoms with Gasteiger partial charge in [0.05, 0.1) is 0 Å². The van der Waals surface area contributed by atoms with Gasteiger partial charge in [-0.15, -0.1) is 0 Å². The number of Topliss-reactive ketones (excluding diaryl/α,β-unsaturated/α-hetero) is 1. The van der Waals surface area contributed by atoms with Crippen molar-refractivity contribution in [3.05, 3.63) is 64.7 Å². The van der Waals surface area contributed by atoms with E-state index >= 15 is 0 Å². The molecule has 0 unspecified atom stereocenters. The summed E-state index contributed by atoms with van der Waals surface area (Å²) in [5, 5.41) is 2.88. The number of carbonyl (C=O) groups excluding carboxylic acids is 2. The third-order valence-corrected chi connectivity index (χ3v) is 4.05. The molecule has 3 nitrogen and oxygen atoms in total. The van der Waals surface area contributed by atoms with Gasteiger partial charge in [-0.2, -0.15) is 0 Å². The molecule has 24 heavy (non-hydrogen) atoms. The van der Waals surface area contributed by atoms with Crippen LogP contribution in [-0.2, 0) is 11.2 Å². The van der Waals surface area contributed by atoms with Crippen LogP contribution in [0, 0.1) is 13.8 Å². The van der Waals surface area contributed by atoms with E-state index in [1.54, 1.807) is 0 Å². The Morgan fingerprint density at radius 3 is 2.29 bits per heavy atom. The lowest BCUT2D eigenvalue weighted by atomic mass is 10.0. The fourth-order valence-corrected chi connectivity index (χ4v) is 2.68. The molecule has 0 spiro atoms. The standard InChI is InChI=1S/C21H25NO2/c1-4-5-17-7-9-18(10-8-17)20(23)12-13-21(24)22-19-11-6-15(2)14-16(19)3/h6-11,14H,4-5,12-13H2,1-3H3,(H,22,24). The van der Waals surface area contributed by atoms with E-state index in [2.05, 4.69) is 12.2 Å². The summed E-state index contributed by atoms with van der Waals surface area (Å²) in [6.45, 7) is 6.11. The molecular weight excluding hydrogens is 298 g/mol. The molecule has 2 aromatic carbocycles. The number of ketones is 1. The van der Waals surface area contributed by atoms with Crippen molar-refractivity contribution in [2.75, 3.05) is 5.32 Å². The molecule has 0 saturated carbocycles. The monoisotopic (exact) mass is 323 g/mol. The Balaban J connectivity index is 1.87. The number of amides is 1. The smallest absolute Gasteiger partial charge is 0.224 e. The number of carbonyl (C=O) groups is 2. The first kappa shape index (κ1) is 17.9. The van der Waals surface area contributed by atoms with E-state index in [1.165, 1.54) is 5.56 Å². The van der Waals surface area contributed by atoms with Crippen molar-refractivity contribution in [1.29, 1.82) is 0 Å². The minimum atomic E-state index is -0.127. The zero-order chi connectivity index (χ0) is 17.5. The predicted octanol–water partition coefficient (Wildman–Crippen LogP) is 4.86. The maximum absolute atomic E-state index is 12.2. The fourth-order valence-electron chi connectivity index (χ4n) is 2.68. The first-order valence-electron chi connectivity index (χ1n) is 8.49. The fraction of sp³-hybridized carbons (Fsp3) is 0.333. The topological polar surface area (TPSA) is 46.2 Å². The molecule has 2 rings (SSSR count). The molecule has 2 aromatic rings. The highest BCUT2D eigenvalue weighted by Crippen LogP contribution is 2.17. The van der Waals surface area contributed by atoms with Crippen LogP contribution in [0.1, 0.15) is 53.2 Å². The Labute approximate surface area is 144 Å². The van der Waals surface area contributed by atoms with Gasteiger partial charge in [0.15, 0.2) is 5.78 Å². The molecule has 0 aliphatic heterocycles. The normalized spacial score (nSPS) is 10.5. The van der Waals surface area contributed by atoms with E-state index in [0.717, 1.165) is 29.7 Å². The molecule has 0 radical (unpaired) electrons. The summed E-state index contributed by atoms with van der Waals surface area (Å²) in [6.07, 6.45) is 2.53. The number of hydrogen-bond acceptors (Lipinski definition) is 2. The Bertz CT molecular complexity index is 717. The first-order chi connectivity index (χ1) is 11.5. The molecule has 3 heteroatoms. The molecule has 0 bridgehead atoms. The van der Waals surface area contributed by atoms with E-state index in [4.69, 9.17) is 0 Å². The molecule has 0 atom stereocenters. The van der Waals surface area contributed by atoms with E-state index in [9.17, 15) is 9.59 Å². The van der Waals surface area contributed by atoms with Crippen LogP contribution in [0.15, 0.2) is 42.5 Å². The minimum Gasteiger partial charge on any atom is -0.326 e. The van der Waals surface area contributed by atoms with E-state index in [0.29, 0.717) is 5.56 Å². The maximum atomic E-state index is 12.2. The number of benzene rings is 2. The van der Waals surface area contributed by atoms with Gasteiger partial charge in [-0.05, 0) is 37.5 Å². The van der Waals surface area contributed by atoms with E-state index < -0.39 is 0 Å². The van der Waals surface area contributed by atoms with Crippen molar-refractivity contribution in [2.24, 2.45) is 0 Å². The van der Waals surface area contributed by atoms with Crippen LogP contribution >= 0.6 is 0 Å². The zero-order valence-corrected chi connectivity index (χ0v) is 14.7. The number of aryl methyl sites for hydroxylation is 3. The van der Waals surface area contributed by atoms with Crippen molar-refractivity contribution in [1.82, 2.24) is 0 Å². The van der Waals surface area contributed by atoms with Crippen LogP contribution in [0.5, 0.6) is 0 Å². The lowest BCUT2D eigenvalue weighted by molar-refractivity contribution is -0.116. The molecular formula is C21H25NO2. The quantitative estimate of drug-likeness (QED) is 0.740. The summed E-state index contributed by atoms with van der Waals surface area (Å²) in [7, 11) is 0. The predicted molar refractivity (Wildman–Crippen MR) is 98.5 cm³/mol. The molecule has 0 aliphatic carbocycles. The van der Waals surface area contributed by atoms with Crippen molar-refractivity contribution in [3.8, 4) is 0 Å². The van der Waals surface area contributed by atoms with E-state index in [1.807, 2.05) is 56.3 Å². The molecule has 1 amide bonds. The molecule has 0 aliphatic rings. The number of rotatable bonds is 7. The highest BCUT2D eigenvalue weighted by Gasteiger charge is 2.10. The van der Waals surface area contributed by atoms with Crippen LogP contribution in [0.25, 0.3) is 0 Å². The average molecular weight is 323 g/mol. The maximum Gasteiger partial charge on any atom is 0.224 e. The molecule has 0 aromatic heterocycles. The first-order valence-corrected chi connectivity index (χ1v) is 8.49. The summed E-state index contributed by atoms with van der Waals surface area (Å²) in [5.74, 6) is -0.119. The van der Waals surface area contributed by atoms with Crippen LogP contribution in [-0.4, -0.2) is 11.7 Å². The molecule has 0 heterocycles. The second kappa shape index (κ2) is 8.44. The van der Waals surface area contributed by atoms with Crippen LogP contribution in [0.2, 0.25) is 0 Å². The minimum absolute atomic E-state index is 0.00817. The zero-order valence-electron chi connectivity index (χ0n) is 14.7. The summed E-state index contributed by atoms with van der Waals surface area (Å²) in [4.78, 5) is 24.3. The SMILES string of the molecule is CCCc1ccc(C(=O)CCC(=O)Nc2ccc(C)cc2C)cc1. The van der Waals surface area contributed by atoms with Gasteiger partial charge in [-0.3, -0.25) is 9.59 Å². The molecule has 0 fully saturated rings. The number of hydrogen-bond donors (Lipinski definition) is 1. The molecule has 0 saturated heterocycles. The Hall–Kier alpha value is -2.42. The molecule has 1 N–H and O–H groups in total. The molecule has 126 valence electrons. The van der Waals surface area contributed by atoms with Crippen molar-refractivity contribution >= 4 is 17.4 Å². The Morgan fingerprint density at radius 1 is 0.958 bits per heavy atom. The van der Waals surface area contributed by atoms with Crippen LogP contribution < -0.4 is 5.32 Å². The van der Waals surface area contributed by atoms with Gasteiger partial charge >= 0.3 is 0 Å². The number of anilines is 1. The van der Waals surface area contributed by atoms with Crippen molar-refractivity contribution < 1.29 is 9.59 Å². The summed E-state index contributed by atoms with van der Waals surface area (Å²) < 4.78 is 0. The largest absolute Gasteiger partial charge is 0.326 e. The van der Waals surface area contributed by atoms with Crippen molar-refractivity contribution in [3.63, 3.8) is 0 Å². The number of nitrogens with one attached hydrogen (secondary N) is 1. The van der Waals surface area contributed by atoms with Gasteiger partial charge < -0.3 is 5.32 Å². The van der Waals surface area contributed by atoms with Crippen LogP contribution in [0.3, 0.4) is 0 Å². The third-order valence-electron chi connectivity index (χ3n) is 4.05. The third kappa shape index (κ3) is 5.05. The summed E-state index contributed by atoms with van der Waals surface area (Å²) in [6, 6.07) is 13.6. The average Bonchev–Trinajstić information content (AvgIpc) is 2.56. The van der Waals surface area contributed by atoms with Gasteiger partial charge in [0.2, 0.25) is 5.91 Å². The van der Waals surface area contributed by atoms with Gasteiger partial charge in [-0.25, -0.2) is 0 Å². The highest BCUT2D eigenvalue weighted by atomic mass is 16.2. The van der Waals surface area contributed by atoms with Gasteiger partial charge in [0, 0.05) is 24.1 Å². The van der Waals surface area contributed by atoms with Crippen LogP contribution in [0.4, 0.5) is 5.69 Å². The van der Waals surface area contributed by atoms with Crippen molar-refractivity contribution in [2.45, 2.75) is 46.5 Å². The highest BCUT2D eigenvalue weighted by molar-refractivity contribution is 6.00. The lowest BCUT2D eigenvalue weighted by Crippen LogP contribution is -2.14. The van der Waals surface area contributed by atoms with Gasteiger partial charge in [-0.1, -0.05) is 55.3 Å².